The van der Waals surface area contributed by atoms with Crippen LogP contribution in [-0.2, 0) is 11.3 Å². The first-order valence-electron chi connectivity index (χ1n) is 8.61. The summed E-state index contributed by atoms with van der Waals surface area (Å²) in [6, 6.07) is 13.9. The first-order chi connectivity index (χ1) is 11.9. The number of carbonyl (C=O) groups excluding carboxylic acids is 1. The number of nitrogens with zero attached hydrogens (tertiary/aromatic N) is 1. The molecule has 1 amide bonds. The lowest BCUT2D eigenvalue weighted by Crippen LogP contribution is -2.46. The van der Waals surface area contributed by atoms with Gasteiger partial charge in [-0.25, -0.2) is 0 Å². The number of para-hydroxylation sites is 1. The maximum absolute atomic E-state index is 12.3. The van der Waals surface area contributed by atoms with Gasteiger partial charge in [-0.15, -0.1) is 0 Å². The zero-order chi connectivity index (χ0) is 18.2. The van der Waals surface area contributed by atoms with Crippen molar-refractivity contribution in [2.45, 2.75) is 45.4 Å². The lowest BCUT2D eigenvalue weighted by molar-refractivity contribution is -0.138. The normalized spacial score (nSPS) is 15.2. The summed E-state index contributed by atoms with van der Waals surface area (Å²) < 4.78 is 2.23. The molecule has 0 fully saturated rings. The molecule has 2 unspecified atom stereocenters. The van der Waals surface area contributed by atoms with Crippen molar-refractivity contribution in [3.05, 3.63) is 42.5 Å². The molecule has 0 aliphatic carbocycles. The van der Waals surface area contributed by atoms with Gasteiger partial charge in [0.05, 0.1) is 5.60 Å². The number of aromatic nitrogens is 1. The molecule has 25 heavy (non-hydrogen) atoms. The Balaban J connectivity index is 1.99. The van der Waals surface area contributed by atoms with Gasteiger partial charge in [0, 0.05) is 34.0 Å². The largest absolute Gasteiger partial charge is 0.387 e. The standard InChI is InChI=1S/C20H24N2O3/c1-4-20(3,25)18(23)19(24)21-13-10-11-17-15(12-13)14-8-6-7-9-16(14)22(17)5-2/h6-12,18,23,25H,4-5H2,1-3H3,(H,21,24). The number of aliphatic hydroxyl groups is 2. The monoisotopic (exact) mass is 340 g/mol. The van der Waals surface area contributed by atoms with Crippen LogP contribution >= 0.6 is 0 Å². The Hall–Kier alpha value is -2.37. The summed E-state index contributed by atoms with van der Waals surface area (Å²) in [4.78, 5) is 12.3. The van der Waals surface area contributed by atoms with E-state index in [0.29, 0.717) is 5.69 Å². The van der Waals surface area contributed by atoms with Crippen LogP contribution in [0.2, 0.25) is 0 Å². The zero-order valence-electron chi connectivity index (χ0n) is 14.8. The van der Waals surface area contributed by atoms with Crippen molar-refractivity contribution in [2.75, 3.05) is 5.32 Å². The molecule has 132 valence electrons. The van der Waals surface area contributed by atoms with E-state index in [4.69, 9.17) is 0 Å². The molecule has 0 aliphatic heterocycles. The predicted molar refractivity (Wildman–Crippen MR) is 101 cm³/mol. The third kappa shape index (κ3) is 3.01. The van der Waals surface area contributed by atoms with E-state index in [1.165, 1.54) is 6.92 Å². The number of carbonyl (C=O) groups is 1. The molecule has 3 aromatic rings. The quantitative estimate of drug-likeness (QED) is 0.667. The predicted octanol–water partition coefficient (Wildman–Crippen LogP) is 3.27. The molecule has 0 spiro atoms. The number of hydrogen-bond acceptors (Lipinski definition) is 3. The maximum atomic E-state index is 12.3. The van der Waals surface area contributed by atoms with E-state index >= 15 is 0 Å². The van der Waals surface area contributed by atoms with Gasteiger partial charge < -0.3 is 20.1 Å². The summed E-state index contributed by atoms with van der Waals surface area (Å²) in [6.45, 7) is 6.13. The summed E-state index contributed by atoms with van der Waals surface area (Å²) in [5.74, 6) is -0.606. The number of rotatable bonds is 5. The highest BCUT2D eigenvalue weighted by Gasteiger charge is 2.34. The molecule has 0 radical (unpaired) electrons. The number of amides is 1. The minimum atomic E-state index is -1.48. The molecular formula is C20H24N2O3. The van der Waals surface area contributed by atoms with Crippen LogP contribution in [0.3, 0.4) is 0 Å². The minimum absolute atomic E-state index is 0.282. The summed E-state index contributed by atoms with van der Waals surface area (Å²) in [5.41, 5.74) is 1.40. The molecule has 5 heteroatoms. The van der Waals surface area contributed by atoms with Crippen LogP contribution in [0.4, 0.5) is 5.69 Å². The molecule has 0 saturated heterocycles. The fourth-order valence-corrected chi connectivity index (χ4v) is 3.16. The molecule has 0 bridgehead atoms. The third-order valence-electron chi connectivity index (χ3n) is 4.91. The first-order valence-corrected chi connectivity index (χ1v) is 8.61. The summed E-state index contributed by atoms with van der Waals surface area (Å²) >= 11 is 0. The summed E-state index contributed by atoms with van der Waals surface area (Å²) in [5, 5.41) is 25.0. The smallest absolute Gasteiger partial charge is 0.256 e. The minimum Gasteiger partial charge on any atom is -0.387 e. The highest BCUT2D eigenvalue weighted by molar-refractivity contribution is 6.10. The fourth-order valence-electron chi connectivity index (χ4n) is 3.16. The number of aryl methyl sites for hydroxylation is 1. The molecule has 5 nitrogen and oxygen atoms in total. The van der Waals surface area contributed by atoms with E-state index in [9.17, 15) is 15.0 Å². The van der Waals surface area contributed by atoms with Gasteiger partial charge in [0.2, 0.25) is 0 Å². The van der Waals surface area contributed by atoms with E-state index in [0.717, 1.165) is 28.4 Å². The van der Waals surface area contributed by atoms with Crippen molar-refractivity contribution in [1.29, 1.82) is 0 Å². The van der Waals surface area contributed by atoms with Crippen LogP contribution in [0.15, 0.2) is 42.5 Å². The molecule has 2 atom stereocenters. The summed E-state index contributed by atoms with van der Waals surface area (Å²) in [6.07, 6.45) is -1.20. The van der Waals surface area contributed by atoms with Gasteiger partial charge in [-0.2, -0.15) is 0 Å². The second-order valence-electron chi connectivity index (χ2n) is 6.60. The molecule has 1 heterocycles. The Kier molecular flexibility index (Phi) is 4.54. The number of nitrogens with one attached hydrogen (secondary N) is 1. The first kappa shape index (κ1) is 17.5. The van der Waals surface area contributed by atoms with Gasteiger partial charge in [-0.3, -0.25) is 4.79 Å². The van der Waals surface area contributed by atoms with Crippen LogP contribution < -0.4 is 5.32 Å². The Morgan fingerprint density at radius 1 is 1.16 bits per heavy atom. The average molecular weight is 340 g/mol. The number of hydrogen-bond donors (Lipinski definition) is 3. The van der Waals surface area contributed by atoms with Gasteiger partial charge >= 0.3 is 0 Å². The topological polar surface area (TPSA) is 74.5 Å². The van der Waals surface area contributed by atoms with E-state index < -0.39 is 17.6 Å². The van der Waals surface area contributed by atoms with E-state index in [2.05, 4.69) is 28.9 Å². The SMILES string of the molecule is CCn1c2ccccc2c2cc(NC(=O)C(O)C(C)(O)CC)ccc21. The number of anilines is 1. The lowest BCUT2D eigenvalue weighted by Gasteiger charge is -2.26. The maximum Gasteiger partial charge on any atom is 0.256 e. The van der Waals surface area contributed by atoms with Crippen molar-refractivity contribution in [3.8, 4) is 0 Å². The highest BCUT2D eigenvalue weighted by atomic mass is 16.3. The van der Waals surface area contributed by atoms with E-state index in [1.54, 1.807) is 6.92 Å². The molecular weight excluding hydrogens is 316 g/mol. The van der Waals surface area contributed by atoms with Crippen molar-refractivity contribution in [2.24, 2.45) is 0 Å². The number of aliphatic hydroxyl groups excluding tert-OH is 1. The molecule has 0 aliphatic rings. The molecule has 0 saturated carbocycles. The molecule has 3 rings (SSSR count). The van der Waals surface area contributed by atoms with Gasteiger partial charge in [-0.05, 0) is 44.5 Å². The van der Waals surface area contributed by atoms with Gasteiger partial charge in [0.25, 0.3) is 5.91 Å². The van der Waals surface area contributed by atoms with Gasteiger partial charge in [0.15, 0.2) is 6.10 Å². The van der Waals surface area contributed by atoms with Crippen LogP contribution in [0.1, 0.15) is 27.2 Å². The Morgan fingerprint density at radius 2 is 1.84 bits per heavy atom. The second kappa shape index (κ2) is 6.50. The molecule has 3 N–H and O–H groups in total. The van der Waals surface area contributed by atoms with Crippen molar-refractivity contribution in [1.82, 2.24) is 4.57 Å². The Bertz CT molecular complexity index is 927. The van der Waals surface area contributed by atoms with Crippen molar-refractivity contribution >= 4 is 33.4 Å². The van der Waals surface area contributed by atoms with Crippen LogP contribution in [0, 0.1) is 0 Å². The lowest BCUT2D eigenvalue weighted by atomic mass is 9.95. The number of fused-ring (bicyclic) bond motifs is 3. The van der Waals surface area contributed by atoms with Crippen LogP contribution in [0.5, 0.6) is 0 Å². The second-order valence-corrected chi connectivity index (χ2v) is 6.60. The average Bonchev–Trinajstić information content (AvgIpc) is 2.94. The van der Waals surface area contributed by atoms with Gasteiger partial charge in [-0.1, -0.05) is 25.1 Å². The number of benzene rings is 2. The van der Waals surface area contributed by atoms with Crippen molar-refractivity contribution in [3.63, 3.8) is 0 Å². The summed E-state index contributed by atoms with van der Waals surface area (Å²) in [7, 11) is 0. The van der Waals surface area contributed by atoms with E-state index in [1.807, 2.05) is 30.3 Å². The zero-order valence-corrected chi connectivity index (χ0v) is 14.8. The Morgan fingerprint density at radius 3 is 2.52 bits per heavy atom. The third-order valence-corrected chi connectivity index (χ3v) is 4.91. The van der Waals surface area contributed by atoms with Crippen molar-refractivity contribution < 1.29 is 15.0 Å². The fraction of sp³-hybridized carbons (Fsp3) is 0.350. The molecule has 2 aromatic carbocycles. The van der Waals surface area contributed by atoms with E-state index in [-0.39, 0.29) is 6.42 Å². The highest BCUT2D eigenvalue weighted by Crippen LogP contribution is 2.31. The Labute approximate surface area is 146 Å². The van der Waals surface area contributed by atoms with Crippen LogP contribution in [0.25, 0.3) is 21.8 Å². The van der Waals surface area contributed by atoms with Crippen LogP contribution in [-0.4, -0.2) is 32.4 Å². The van der Waals surface area contributed by atoms with Gasteiger partial charge in [0.1, 0.15) is 0 Å². The molecule has 1 aromatic heterocycles.